The first-order valence-electron chi connectivity index (χ1n) is 4.32. The van der Waals surface area contributed by atoms with E-state index in [0.717, 1.165) is 0 Å². The molecule has 0 radical (unpaired) electrons. The third kappa shape index (κ3) is 2.03. The van der Waals surface area contributed by atoms with Gasteiger partial charge in [-0.05, 0) is 13.8 Å². The molecule has 9 heteroatoms. The van der Waals surface area contributed by atoms with Crippen LogP contribution >= 0.6 is 0 Å². The molecule has 86 valence electrons. The predicted octanol–water partition coefficient (Wildman–Crippen LogP) is 0.210. The van der Waals surface area contributed by atoms with Crippen LogP contribution in [0.4, 0.5) is 6.01 Å². The van der Waals surface area contributed by atoms with Crippen molar-refractivity contribution in [1.82, 2.24) is 20.1 Å². The van der Waals surface area contributed by atoms with Crippen molar-refractivity contribution in [2.75, 3.05) is 4.72 Å². The van der Waals surface area contributed by atoms with Crippen molar-refractivity contribution < 1.29 is 12.9 Å². The van der Waals surface area contributed by atoms with Gasteiger partial charge in [-0.3, -0.25) is 0 Å². The number of anilines is 1. The van der Waals surface area contributed by atoms with Crippen LogP contribution < -0.4 is 4.72 Å². The van der Waals surface area contributed by atoms with E-state index in [-0.39, 0.29) is 11.0 Å². The van der Waals surface area contributed by atoms with Gasteiger partial charge in [0.05, 0.1) is 6.20 Å². The molecule has 0 spiro atoms. The van der Waals surface area contributed by atoms with E-state index in [4.69, 9.17) is 0 Å². The molecule has 0 saturated heterocycles. The average molecular weight is 243 g/mol. The fraction of sp³-hybridized carbons (Fsp3) is 0.286. The number of rotatable bonds is 3. The Morgan fingerprint density at radius 3 is 2.69 bits per heavy atom. The van der Waals surface area contributed by atoms with E-state index in [9.17, 15) is 8.42 Å². The molecule has 0 bridgehead atoms. The third-order valence-electron chi connectivity index (χ3n) is 1.72. The summed E-state index contributed by atoms with van der Waals surface area (Å²) in [6.45, 7) is 3.23. The third-order valence-corrected chi connectivity index (χ3v) is 2.95. The first-order chi connectivity index (χ1) is 7.47. The van der Waals surface area contributed by atoms with Crippen molar-refractivity contribution in [2.45, 2.75) is 18.9 Å². The lowest BCUT2D eigenvalue weighted by Crippen LogP contribution is -2.13. The molecule has 0 aliphatic carbocycles. The van der Waals surface area contributed by atoms with Gasteiger partial charge in [0.2, 0.25) is 0 Å². The van der Waals surface area contributed by atoms with Gasteiger partial charge in [0.15, 0.2) is 10.9 Å². The fourth-order valence-electron chi connectivity index (χ4n) is 1.04. The zero-order chi connectivity index (χ0) is 11.8. The summed E-state index contributed by atoms with van der Waals surface area (Å²) in [5.74, 6) is 0.848. The molecule has 2 heterocycles. The molecule has 0 fully saturated rings. The molecule has 0 amide bonds. The number of nitrogens with one attached hydrogen (secondary N) is 2. The summed E-state index contributed by atoms with van der Waals surface area (Å²) >= 11 is 0. The molecule has 2 rings (SSSR count). The van der Waals surface area contributed by atoms with Crippen molar-refractivity contribution in [3.05, 3.63) is 17.8 Å². The molecule has 2 N–H and O–H groups in total. The Bertz CT molecular complexity index is 599. The van der Waals surface area contributed by atoms with Gasteiger partial charge in [0.1, 0.15) is 5.82 Å². The predicted molar refractivity (Wildman–Crippen MR) is 53.2 cm³/mol. The summed E-state index contributed by atoms with van der Waals surface area (Å²) in [5, 5.41) is 3.41. The highest BCUT2D eigenvalue weighted by molar-refractivity contribution is 7.92. The minimum absolute atomic E-state index is 0.0548. The number of aromatic amines is 1. The molecule has 0 atom stereocenters. The molecule has 0 aliphatic rings. The standard InChI is InChI=1S/C7H9N5O3S/c1-4-8-3-6(9-4)16(13,14)12-7-10-5(2)11-15-7/h3H,1-2H3,(H,8,9)(H,10,11,12). The fourth-order valence-corrected chi connectivity index (χ4v) is 1.94. The molecular weight excluding hydrogens is 234 g/mol. The number of aryl methyl sites for hydroxylation is 2. The normalized spacial score (nSPS) is 11.6. The maximum Gasteiger partial charge on any atom is 0.335 e. The van der Waals surface area contributed by atoms with Crippen LogP contribution in [-0.4, -0.2) is 28.5 Å². The van der Waals surface area contributed by atoms with Gasteiger partial charge in [0.25, 0.3) is 10.0 Å². The van der Waals surface area contributed by atoms with Gasteiger partial charge < -0.3 is 9.51 Å². The second-order valence-corrected chi connectivity index (χ2v) is 4.74. The van der Waals surface area contributed by atoms with Crippen LogP contribution in [0.2, 0.25) is 0 Å². The summed E-state index contributed by atoms with van der Waals surface area (Å²) in [4.78, 5) is 10.1. The molecule has 0 aliphatic heterocycles. The van der Waals surface area contributed by atoms with Crippen LogP contribution in [0.15, 0.2) is 15.7 Å². The summed E-state index contributed by atoms with van der Waals surface area (Å²) < 4.78 is 30.2. The maximum absolute atomic E-state index is 11.7. The van der Waals surface area contributed by atoms with Gasteiger partial charge in [-0.2, -0.15) is 13.4 Å². The number of H-pyrrole nitrogens is 1. The number of nitrogens with zero attached hydrogens (tertiary/aromatic N) is 3. The Morgan fingerprint density at radius 1 is 1.44 bits per heavy atom. The number of hydrogen-bond donors (Lipinski definition) is 2. The van der Waals surface area contributed by atoms with Crippen molar-refractivity contribution >= 4 is 16.0 Å². The molecule has 0 unspecified atom stereocenters. The summed E-state index contributed by atoms with van der Waals surface area (Å²) in [6, 6.07) is -0.176. The Labute approximate surface area is 91.1 Å². The number of aromatic nitrogens is 4. The molecule has 0 saturated carbocycles. The molecule has 2 aromatic heterocycles. The monoisotopic (exact) mass is 243 g/mol. The van der Waals surface area contributed by atoms with E-state index in [1.807, 2.05) is 0 Å². The summed E-state index contributed by atoms with van der Waals surface area (Å²) in [6.07, 6.45) is 1.21. The first kappa shape index (κ1) is 10.6. The highest BCUT2D eigenvalue weighted by Crippen LogP contribution is 2.11. The van der Waals surface area contributed by atoms with Crippen molar-refractivity contribution in [2.24, 2.45) is 0 Å². The van der Waals surface area contributed by atoms with Crippen LogP contribution in [0.25, 0.3) is 0 Å². The lowest BCUT2D eigenvalue weighted by atomic mass is 10.8. The largest absolute Gasteiger partial charge is 0.335 e. The highest BCUT2D eigenvalue weighted by atomic mass is 32.2. The number of sulfonamides is 1. The second kappa shape index (κ2) is 3.59. The molecular formula is C7H9N5O3S. The Morgan fingerprint density at radius 2 is 2.19 bits per heavy atom. The van der Waals surface area contributed by atoms with Crippen molar-refractivity contribution in [1.29, 1.82) is 0 Å². The molecule has 2 aromatic rings. The Balaban J connectivity index is 2.27. The Hall–Kier alpha value is -1.90. The van der Waals surface area contributed by atoms with E-state index in [0.29, 0.717) is 11.6 Å². The minimum Gasteiger partial charge on any atom is -0.332 e. The zero-order valence-electron chi connectivity index (χ0n) is 8.55. The quantitative estimate of drug-likeness (QED) is 0.796. The van der Waals surface area contributed by atoms with Crippen molar-refractivity contribution in [3.8, 4) is 0 Å². The maximum atomic E-state index is 11.7. The van der Waals surface area contributed by atoms with Crippen LogP contribution in [0, 0.1) is 13.8 Å². The van der Waals surface area contributed by atoms with Crippen LogP contribution in [0.5, 0.6) is 0 Å². The van der Waals surface area contributed by atoms with E-state index >= 15 is 0 Å². The Kier molecular flexibility index (Phi) is 2.38. The van der Waals surface area contributed by atoms with E-state index in [1.54, 1.807) is 13.8 Å². The SMILES string of the molecule is Cc1noc(NS(=O)(=O)c2cnc(C)[nH]2)n1. The van der Waals surface area contributed by atoms with Gasteiger partial charge in [-0.15, -0.1) is 0 Å². The smallest absolute Gasteiger partial charge is 0.332 e. The van der Waals surface area contributed by atoms with Gasteiger partial charge in [-0.25, -0.2) is 9.71 Å². The lowest BCUT2D eigenvalue weighted by Gasteiger charge is -1.99. The van der Waals surface area contributed by atoms with Gasteiger partial charge in [-0.1, -0.05) is 5.16 Å². The highest BCUT2D eigenvalue weighted by Gasteiger charge is 2.19. The first-order valence-corrected chi connectivity index (χ1v) is 5.80. The van der Waals surface area contributed by atoms with Crippen LogP contribution in [0.3, 0.4) is 0 Å². The second-order valence-electron chi connectivity index (χ2n) is 3.09. The van der Waals surface area contributed by atoms with E-state index < -0.39 is 10.0 Å². The molecule has 8 nitrogen and oxygen atoms in total. The average Bonchev–Trinajstić information content (AvgIpc) is 2.75. The van der Waals surface area contributed by atoms with E-state index in [2.05, 4.69) is 29.4 Å². The summed E-state index contributed by atoms with van der Waals surface area (Å²) in [7, 11) is -3.74. The molecule has 16 heavy (non-hydrogen) atoms. The van der Waals surface area contributed by atoms with Crippen LogP contribution in [-0.2, 0) is 10.0 Å². The van der Waals surface area contributed by atoms with Gasteiger partial charge in [0, 0.05) is 0 Å². The minimum atomic E-state index is -3.74. The van der Waals surface area contributed by atoms with Crippen LogP contribution in [0.1, 0.15) is 11.6 Å². The molecule has 0 aromatic carbocycles. The zero-order valence-corrected chi connectivity index (χ0v) is 9.37. The topological polar surface area (TPSA) is 114 Å². The lowest BCUT2D eigenvalue weighted by molar-refractivity contribution is 0.429. The van der Waals surface area contributed by atoms with E-state index in [1.165, 1.54) is 6.20 Å². The number of imidazole rings is 1. The van der Waals surface area contributed by atoms with Gasteiger partial charge >= 0.3 is 6.01 Å². The van der Waals surface area contributed by atoms with Crippen molar-refractivity contribution in [3.63, 3.8) is 0 Å². The summed E-state index contributed by atoms with van der Waals surface area (Å²) in [5.41, 5.74) is 0. The number of hydrogen-bond acceptors (Lipinski definition) is 6.